The van der Waals surface area contributed by atoms with Crippen molar-refractivity contribution in [3.8, 4) is 44.5 Å². The van der Waals surface area contributed by atoms with Crippen molar-refractivity contribution >= 4 is 60.2 Å². The average Bonchev–Trinajstić information content (AvgIpc) is 3.32. The summed E-state index contributed by atoms with van der Waals surface area (Å²) in [5.74, 6) is 0. The van der Waals surface area contributed by atoms with E-state index in [1.165, 1.54) is 87.6 Å². The van der Waals surface area contributed by atoms with E-state index in [4.69, 9.17) is 0 Å². The Morgan fingerprint density at radius 3 is 1.46 bits per heavy atom. The highest BCUT2D eigenvalue weighted by Crippen LogP contribution is 2.47. The topological polar surface area (TPSA) is 3.24 Å². The molecule has 0 saturated carbocycles. The molecule has 0 aliphatic heterocycles. The second-order valence-corrected chi connectivity index (χ2v) is 15.3. The zero-order chi connectivity index (χ0) is 39.1. The van der Waals surface area contributed by atoms with E-state index in [0.717, 1.165) is 17.1 Å². The van der Waals surface area contributed by atoms with Crippen molar-refractivity contribution in [1.82, 2.24) is 0 Å². The molecule has 0 fully saturated rings. The molecule has 0 amide bonds. The maximum Gasteiger partial charge on any atom is 0.0540 e. The molecule has 1 heteroatoms. The number of nitrogens with zero attached hydrogens (tertiary/aromatic N) is 1. The molecular formula is C58H39N. The van der Waals surface area contributed by atoms with Crippen LogP contribution in [0.4, 0.5) is 17.1 Å². The van der Waals surface area contributed by atoms with Gasteiger partial charge in [-0.1, -0.05) is 188 Å². The maximum atomic E-state index is 2.44. The smallest absolute Gasteiger partial charge is 0.0540 e. The summed E-state index contributed by atoms with van der Waals surface area (Å²) in [6.45, 7) is 0. The fraction of sp³-hybridized carbons (Fsp3) is 0. The van der Waals surface area contributed by atoms with Crippen LogP contribution < -0.4 is 4.90 Å². The van der Waals surface area contributed by atoms with Gasteiger partial charge in [-0.25, -0.2) is 0 Å². The predicted molar refractivity (Wildman–Crippen MR) is 253 cm³/mol. The molecule has 0 bridgehead atoms. The van der Waals surface area contributed by atoms with Gasteiger partial charge in [-0.3, -0.25) is 0 Å². The predicted octanol–water partition coefficient (Wildman–Crippen LogP) is 16.4. The Labute approximate surface area is 344 Å². The quantitative estimate of drug-likeness (QED) is 0.147. The molecule has 0 radical (unpaired) electrons. The third-order valence-corrected chi connectivity index (χ3v) is 11.8. The summed E-state index contributed by atoms with van der Waals surface area (Å²) >= 11 is 0. The zero-order valence-corrected chi connectivity index (χ0v) is 32.5. The summed E-state index contributed by atoms with van der Waals surface area (Å²) in [4.78, 5) is 2.44. The first-order valence-electron chi connectivity index (χ1n) is 20.3. The summed E-state index contributed by atoms with van der Waals surface area (Å²) < 4.78 is 0. The molecule has 0 heterocycles. The van der Waals surface area contributed by atoms with Crippen LogP contribution in [0.2, 0.25) is 0 Å². The number of hydrogen-bond acceptors (Lipinski definition) is 1. The minimum absolute atomic E-state index is 1.09. The Hall–Kier alpha value is -7.74. The van der Waals surface area contributed by atoms with E-state index in [1.54, 1.807) is 0 Å². The molecule has 0 aliphatic carbocycles. The Balaban J connectivity index is 1.18. The largest absolute Gasteiger partial charge is 0.310 e. The highest BCUT2D eigenvalue weighted by molar-refractivity contribution is 6.15. The van der Waals surface area contributed by atoms with Gasteiger partial charge < -0.3 is 4.90 Å². The van der Waals surface area contributed by atoms with Crippen LogP contribution in [0.15, 0.2) is 237 Å². The van der Waals surface area contributed by atoms with Gasteiger partial charge in [0.05, 0.1) is 5.69 Å². The van der Waals surface area contributed by atoms with Crippen LogP contribution in [0.25, 0.3) is 87.6 Å². The molecule has 0 saturated heterocycles. The van der Waals surface area contributed by atoms with Gasteiger partial charge in [0.2, 0.25) is 0 Å². The number of fused-ring (bicyclic) bond motifs is 6. The van der Waals surface area contributed by atoms with E-state index in [-0.39, 0.29) is 0 Å². The van der Waals surface area contributed by atoms with Crippen LogP contribution in [0, 0.1) is 0 Å². The van der Waals surface area contributed by atoms with Gasteiger partial charge in [0.25, 0.3) is 0 Å². The number of anilines is 3. The van der Waals surface area contributed by atoms with Crippen molar-refractivity contribution in [2.75, 3.05) is 4.90 Å². The van der Waals surface area contributed by atoms with E-state index >= 15 is 0 Å². The summed E-state index contributed by atoms with van der Waals surface area (Å²) in [7, 11) is 0. The average molecular weight is 750 g/mol. The lowest BCUT2D eigenvalue weighted by atomic mass is 9.89. The first-order chi connectivity index (χ1) is 29.2. The lowest BCUT2D eigenvalue weighted by Crippen LogP contribution is -2.11. The maximum absolute atomic E-state index is 2.44. The minimum atomic E-state index is 1.09. The Kier molecular flexibility index (Phi) is 8.56. The molecule has 11 aromatic carbocycles. The van der Waals surface area contributed by atoms with Gasteiger partial charge in [0, 0.05) is 16.9 Å². The molecule has 0 unspecified atom stereocenters. The van der Waals surface area contributed by atoms with Gasteiger partial charge in [-0.05, 0) is 131 Å². The summed E-state index contributed by atoms with van der Waals surface area (Å²) in [6, 6.07) is 86.5. The molecule has 0 aromatic heterocycles. The second kappa shape index (κ2) is 14.6. The van der Waals surface area contributed by atoms with Gasteiger partial charge in [0.1, 0.15) is 0 Å². The van der Waals surface area contributed by atoms with E-state index in [1.807, 2.05) is 0 Å². The summed E-state index contributed by atoms with van der Waals surface area (Å²) in [5, 5.41) is 9.99. The Bertz CT molecular complexity index is 3310. The lowest BCUT2D eigenvalue weighted by molar-refractivity contribution is 1.28. The molecule has 11 rings (SSSR count). The standard InChI is InChI=1S/C58H39N/c1-3-14-40(15-4-1)42-30-33-49(34-31-42)59(50-21-13-20-45(36-50)41-16-5-2-6-17-41)58-35-32-47(46-29-28-44-27-26-43-18-7-9-22-51(43)55(44)37-46)38-57(58)56-39-48-19-8-10-23-52(48)53-24-11-12-25-54(53)56/h1-39H. The summed E-state index contributed by atoms with van der Waals surface area (Å²) in [6.07, 6.45) is 0. The summed E-state index contributed by atoms with van der Waals surface area (Å²) in [5.41, 5.74) is 12.8. The van der Waals surface area contributed by atoms with Gasteiger partial charge in [-0.15, -0.1) is 0 Å². The zero-order valence-electron chi connectivity index (χ0n) is 32.5. The van der Waals surface area contributed by atoms with E-state index in [9.17, 15) is 0 Å². The third-order valence-electron chi connectivity index (χ3n) is 11.8. The van der Waals surface area contributed by atoms with Crippen LogP contribution in [-0.2, 0) is 0 Å². The highest BCUT2D eigenvalue weighted by Gasteiger charge is 2.21. The van der Waals surface area contributed by atoms with Crippen molar-refractivity contribution < 1.29 is 0 Å². The van der Waals surface area contributed by atoms with Crippen molar-refractivity contribution in [2.45, 2.75) is 0 Å². The molecule has 0 N–H and O–H groups in total. The monoisotopic (exact) mass is 749 g/mol. The Morgan fingerprint density at radius 1 is 0.220 bits per heavy atom. The van der Waals surface area contributed by atoms with Gasteiger partial charge in [-0.2, -0.15) is 0 Å². The van der Waals surface area contributed by atoms with Crippen LogP contribution >= 0.6 is 0 Å². The number of benzene rings is 11. The molecule has 11 aromatic rings. The number of hydrogen-bond donors (Lipinski definition) is 0. The molecule has 0 spiro atoms. The van der Waals surface area contributed by atoms with Crippen molar-refractivity contribution in [1.29, 1.82) is 0 Å². The van der Waals surface area contributed by atoms with Crippen molar-refractivity contribution in [3.63, 3.8) is 0 Å². The SMILES string of the molecule is c1ccc(-c2ccc(N(c3cccc(-c4ccccc4)c3)c3ccc(-c4ccc5ccc6ccccc6c5c4)cc3-c3cc4ccccc4c4ccccc34)cc2)cc1. The van der Waals surface area contributed by atoms with Crippen LogP contribution in [0.5, 0.6) is 0 Å². The first kappa shape index (κ1) is 34.5. The first-order valence-corrected chi connectivity index (χ1v) is 20.3. The van der Waals surface area contributed by atoms with Crippen LogP contribution in [0.3, 0.4) is 0 Å². The van der Waals surface area contributed by atoms with Crippen molar-refractivity contribution in [3.05, 3.63) is 237 Å². The van der Waals surface area contributed by atoms with Crippen LogP contribution in [0.1, 0.15) is 0 Å². The fourth-order valence-electron chi connectivity index (χ4n) is 8.90. The molecule has 59 heavy (non-hydrogen) atoms. The second-order valence-electron chi connectivity index (χ2n) is 15.3. The highest BCUT2D eigenvalue weighted by atomic mass is 15.1. The normalized spacial score (nSPS) is 11.4. The molecular weight excluding hydrogens is 711 g/mol. The van der Waals surface area contributed by atoms with Crippen LogP contribution in [-0.4, -0.2) is 0 Å². The lowest BCUT2D eigenvalue weighted by Gasteiger charge is -2.29. The fourth-order valence-corrected chi connectivity index (χ4v) is 8.90. The number of rotatable bonds is 7. The third kappa shape index (κ3) is 6.30. The van der Waals surface area contributed by atoms with E-state index in [0.29, 0.717) is 0 Å². The minimum Gasteiger partial charge on any atom is -0.310 e. The Morgan fingerprint density at radius 2 is 0.712 bits per heavy atom. The molecule has 0 aliphatic rings. The van der Waals surface area contributed by atoms with Gasteiger partial charge >= 0.3 is 0 Å². The van der Waals surface area contributed by atoms with Crippen molar-refractivity contribution in [2.24, 2.45) is 0 Å². The van der Waals surface area contributed by atoms with E-state index in [2.05, 4.69) is 241 Å². The molecule has 276 valence electrons. The molecule has 1 nitrogen and oxygen atoms in total. The van der Waals surface area contributed by atoms with E-state index < -0.39 is 0 Å². The molecule has 0 atom stereocenters. The van der Waals surface area contributed by atoms with Gasteiger partial charge in [0.15, 0.2) is 0 Å².